The van der Waals surface area contributed by atoms with Crippen LogP contribution < -0.4 is 0 Å². The number of aromatic carboxylic acids is 1. The van der Waals surface area contributed by atoms with E-state index in [1.807, 2.05) is 6.07 Å². The molecular formula is C9H6FNO2. The van der Waals surface area contributed by atoms with E-state index in [-0.39, 0.29) is 6.42 Å². The van der Waals surface area contributed by atoms with Gasteiger partial charge in [-0.1, -0.05) is 6.07 Å². The first-order chi connectivity index (χ1) is 6.15. The van der Waals surface area contributed by atoms with Crippen molar-refractivity contribution in [2.24, 2.45) is 0 Å². The van der Waals surface area contributed by atoms with Crippen LogP contribution in [0.15, 0.2) is 18.2 Å². The Bertz CT molecular complexity index is 382. The molecule has 4 heteroatoms. The molecule has 0 heterocycles. The highest BCUT2D eigenvalue weighted by atomic mass is 19.1. The van der Waals surface area contributed by atoms with Gasteiger partial charge in [0.1, 0.15) is 5.82 Å². The summed E-state index contributed by atoms with van der Waals surface area (Å²) in [4.78, 5) is 10.5. The molecule has 0 amide bonds. The summed E-state index contributed by atoms with van der Waals surface area (Å²) >= 11 is 0. The van der Waals surface area contributed by atoms with E-state index in [0.717, 1.165) is 6.07 Å². The second kappa shape index (κ2) is 3.68. The van der Waals surface area contributed by atoms with Gasteiger partial charge in [0, 0.05) is 0 Å². The van der Waals surface area contributed by atoms with E-state index in [4.69, 9.17) is 10.4 Å². The van der Waals surface area contributed by atoms with Gasteiger partial charge in [0.15, 0.2) is 0 Å². The highest BCUT2D eigenvalue weighted by Crippen LogP contribution is 2.10. The summed E-state index contributed by atoms with van der Waals surface area (Å²) < 4.78 is 12.8. The molecule has 0 aliphatic heterocycles. The van der Waals surface area contributed by atoms with Crippen molar-refractivity contribution in [2.75, 3.05) is 0 Å². The summed E-state index contributed by atoms with van der Waals surface area (Å²) in [7, 11) is 0. The molecule has 0 bridgehead atoms. The lowest BCUT2D eigenvalue weighted by atomic mass is 10.1. The zero-order valence-corrected chi connectivity index (χ0v) is 6.62. The first-order valence-corrected chi connectivity index (χ1v) is 3.54. The molecule has 0 saturated carbocycles. The fraction of sp³-hybridized carbons (Fsp3) is 0.111. The zero-order valence-electron chi connectivity index (χ0n) is 6.62. The molecular weight excluding hydrogens is 173 g/mol. The Morgan fingerprint density at radius 2 is 2.31 bits per heavy atom. The summed E-state index contributed by atoms with van der Waals surface area (Å²) in [6.45, 7) is 0. The van der Waals surface area contributed by atoms with Crippen LogP contribution >= 0.6 is 0 Å². The number of halogens is 1. The Labute approximate surface area is 74.0 Å². The normalized spacial score (nSPS) is 9.23. The van der Waals surface area contributed by atoms with Gasteiger partial charge >= 0.3 is 5.97 Å². The molecule has 1 aromatic carbocycles. The van der Waals surface area contributed by atoms with Crippen molar-refractivity contribution >= 4 is 5.97 Å². The molecule has 0 aliphatic carbocycles. The molecule has 0 saturated heterocycles. The lowest BCUT2D eigenvalue weighted by Crippen LogP contribution is -2.01. The van der Waals surface area contributed by atoms with E-state index in [9.17, 15) is 9.18 Å². The van der Waals surface area contributed by atoms with Gasteiger partial charge in [-0.05, 0) is 17.7 Å². The topological polar surface area (TPSA) is 61.1 Å². The lowest BCUT2D eigenvalue weighted by molar-refractivity contribution is 0.0692. The number of carboxylic acids is 1. The Morgan fingerprint density at radius 3 is 2.85 bits per heavy atom. The molecule has 13 heavy (non-hydrogen) atoms. The molecule has 1 N–H and O–H groups in total. The van der Waals surface area contributed by atoms with Crippen molar-refractivity contribution in [3.05, 3.63) is 35.1 Å². The maximum absolute atomic E-state index is 12.8. The highest BCUT2D eigenvalue weighted by Gasteiger charge is 2.10. The first kappa shape index (κ1) is 9.20. The summed E-state index contributed by atoms with van der Waals surface area (Å²) in [6, 6.07) is 5.47. The molecule has 66 valence electrons. The lowest BCUT2D eigenvalue weighted by Gasteiger charge is -1.99. The molecule has 0 atom stereocenters. The van der Waals surface area contributed by atoms with Crippen LogP contribution in [0.3, 0.4) is 0 Å². The van der Waals surface area contributed by atoms with Gasteiger partial charge in [-0.15, -0.1) is 0 Å². The summed E-state index contributed by atoms with van der Waals surface area (Å²) in [6.07, 6.45) is 0.0839. The Kier molecular flexibility index (Phi) is 2.60. The van der Waals surface area contributed by atoms with Crippen LogP contribution in [0.5, 0.6) is 0 Å². The number of hydrogen-bond donors (Lipinski definition) is 1. The molecule has 0 spiro atoms. The van der Waals surface area contributed by atoms with Gasteiger partial charge in [0.25, 0.3) is 0 Å². The molecule has 0 radical (unpaired) electrons. The molecule has 1 aromatic rings. The van der Waals surface area contributed by atoms with Gasteiger partial charge in [-0.3, -0.25) is 0 Å². The minimum Gasteiger partial charge on any atom is -0.478 e. The van der Waals surface area contributed by atoms with E-state index >= 15 is 0 Å². The number of nitrogens with zero attached hydrogens (tertiary/aromatic N) is 1. The quantitative estimate of drug-likeness (QED) is 0.749. The van der Waals surface area contributed by atoms with Crippen molar-refractivity contribution in [2.45, 2.75) is 6.42 Å². The Balaban J connectivity index is 3.13. The van der Waals surface area contributed by atoms with Crippen molar-refractivity contribution < 1.29 is 14.3 Å². The van der Waals surface area contributed by atoms with E-state index < -0.39 is 17.3 Å². The monoisotopic (exact) mass is 179 g/mol. The zero-order chi connectivity index (χ0) is 9.84. The SMILES string of the molecule is N#CCc1ccc(F)c(C(=O)O)c1. The average Bonchev–Trinajstić information content (AvgIpc) is 2.08. The van der Waals surface area contributed by atoms with Gasteiger partial charge in [0.2, 0.25) is 0 Å². The van der Waals surface area contributed by atoms with Crippen LogP contribution in [0.1, 0.15) is 15.9 Å². The fourth-order valence-electron chi connectivity index (χ4n) is 0.938. The van der Waals surface area contributed by atoms with Crippen molar-refractivity contribution in [3.8, 4) is 6.07 Å². The molecule has 0 aromatic heterocycles. The second-order valence-electron chi connectivity index (χ2n) is 2.45. The van der Waals surface area contributed by atoms with Gasteiger partial charge in [0.05, 0.1) is 18.1 Å². The average molecular weight is 179 g/mol. The Hall–Kier alpha value is -1.89. The van der Waals surface area contributed by atoms with Gasteiger partial charge < -0.3 is 5.11 Å². The van der Waals surface area contributed by atoms with Crippen LogP contribution in [0, 0.1) is 17.1 Å². The van der Waals surface area contributed by atoms with E-state index in [1.165, 1.54) is 12.1 Å². The van der Waals surface area contributed by atoms with E-state index in [1.54, 1.807) is 0 Å². The van der Waals surface area contributed by atoms with E-state index in [0.29, 0.717) is 5.56 Å². The van der Waals surface area contributed by atoms with Gasteiger partial charge in [-0.25, -0.2) is 9.18 Å². The third-order valence-corrected chi connectivity index (χ3v) is 1.54. The minimum absolute atomic E-state index is 0.0839. The molecule has 3 nitrogen and oxygen atoms in total. The maximum atomic E-state index is 12.8. The maximum Gasteiger partial charge on any atom is 0.338 e. The predicted octanol–water partition coefficient (Wildman–Crippen LogP) is 1.59. The molecule has 1 rings (SSSR count). The number of hydrogen-bond acceptors (Lipinski definition) is 2. The molecule has 0 unspecified atom stereocenters. The van der Waals surface area contributed by atoms with Gasteiger partial charge in [-0.2, -0.15) is 5.26 Å². The highest BCUT2D eigenvalue weighted by molar-refractivity contribution is 5.88. The van der Waals surface area contributed by atoms with Crippen molar-refractivity contribution in [1.29, 1.82) is 5.26 Å². The smallest absolute Gasteiger partial charge is 0.338 e. The second-order valence-corrected chi connectivity index (χ2v) is 2.45. The number of nitriles is 1. The third kappa shape index (κ3) is 2.03. The number of carbonyl (C=O) groups is 1. The third-order valence-electron chi connectivity index (χ3n) is 1.54. The molecule has 0 aliphatic rings. The van der Waals surface area contributed by atoms with Crippen LogP contribution in [-0.2, 0) is 6.42 Å². The fourth-order valence-corrected chi connectivity index (χ4v) is 0.938. The minimum atomic E-state index is -1.32. The first-order valence-electron chi connectivity index (χ1n) is 3.54. The summed E-state index contributed by atoms with van der Waals surface area (Å²) in [5.74, 6) is -2.11. The van der Waals surface area contributed by atoms with Crippen LogP contribution in [-0.4, -0.2) is 11.1 Å². The Morgan fingerprint density at radius 1 is 1.62 bits per heavy atom. The van der Waals surface area contributed by atoms with Crippen molar-refractivity contribution in [3.63, 3.8) is 0 Å². The predicted molar refractivity (Wildman–Crippen MR) is 42.7 cm³/mol. The van der Waals surface area contributed by atoms with Crippen LogP contribution in [0.2, 0.25) is 0 Å². The standard InChI is InChI=1S/C9H6FNO2/c10-8-2-1-6(3-4-11)5-7(8)9(12)13/h1-2,5H,3H2,(H,12,13). The number of benzene rings is 1. The summed E-state index contributed by atoms with van der Waals surface area (Å²) in [5, 5.41) is 16.9. The number of rotatable bonds is 2. The van der Waals surface area contributed by atoms with Crippen LogP contribution in [0.4, 0.5) is 4.39 Å². The van der Waals surface area contributed by atoms with Crippen LogP contribution in [0.25, 0.3) is 0 Å². The van der Waals surface area contributed by atoms with E-state index in [2.05, 4.69) is 0 Å². The summed E-state index contributed by atoms with van der Waals surface area (Å²) in [5.41, 5.74) is 0.106. The number of carboxylic acid groups (broad SMARTS) is 1. The van der Waals surface area contributed by atoms with Crippen molar-refractivity contribution in [1.82, 2.24) is 0 Å². The largest absolute Gasteiger partial charge is 0.478 e. The molecule has 0 fully saturated rings.